The van der Waals surface area contributed by atoms with Gasteiger partial charge in [-0.3, -0.25) is 0 Å². The van der Waals surface area contributed by atoms with Crippen molar-refractivity contribution in [2.75, 3.05) is 5.32 Å². The van der Waals surface area contributed by atoms with E-state index in [1.54, 1.807) is 42.6 Å². The number of halogens is 2. The summed E-state index contributed by atoms with van der Waals surface area (Å²) in [6.45, 7) is 1.68. The molecule has 0 bridgehead atoms. The SMILES string of the molecule is Cc1ccc(N/C=C(/C#N)c2nc(-c3cc4cc(Br)ccc4oc3=O)cs2)cc1F. The van der Waals surface area contributed by atoms with E-state index in [9.17, 15) is 14.4 Å². The Bertz CT molecular complexity index is 1400. The fourth-order valence-electron chi connectivity index (χ4n) is 2.77. The molecule has 0 spiro atoms. The zero-order chi connectivity index (χ0) is 21.3. The zero-order valence-electron chi connectivity index (χ0n) is 15.6. The summed E-state index contributed by atoms with van der Waals surface area (Å²) in [5.41, 5.74) is 2.04. The maximum Gasteiger partial charge on any atom is 0.345 e. The van der Waals surface area contributed by atoms with Crippen molar-refractivity contribution >= 4 is 49.5 Å². The quantitative estimate of drug-likeness (QED) is 0.281. The number of rotatable bonds is 4. The molecule has 0 unspecified atom stereocenters. The van der Waals surface area contributed by atoms with Crippen LogP contribution in [0.25, 0.3) is 27.8 Å². The predicted molar refractivity (Wildman–Crippen MR) is 120 cm³/mol. The molecule has 0 atom stereocenters. The first-order valence-corrected chi connectivity index (χ1v) is 10.4. The maximum absolute atomic E-state index is 13.7. The third-order valence-corrected chi connectivity index (χ3v) is 5.75. The van der Waals surface area contributed by atoms with Gasteiger partial charge in [0.25, 0.3) is 0 Å². The van der Waals surface area contributed by atoms with E-state index in [0.717, 1.165) is 9.86 Å². The summed E-state index contributed by atoms with van der Waals surface area (Å²) < 4.78 is 19.9. The molecule has 0 aliphatic carbocycles. The standard InChI is InChI=1S/C22H13BrFN3O2S/c1-12-2-4-16(8-18(12)24)26-10-14(9-25)21-27-19(11-30-21)17-7-13-6-15(23)3-5-20(13)29-22(17)28/h2-8,10-11,26H,1H3/b14-10-. The number of allylic oxidation sites excluding steroid dienone is 1. The minimum Gasteiger partial charge on any atom is -0.422 e. The third-order valence-electron chi connectivity index (χ3n) is 4.38. The molecule has 5 nitrogen and oxygen atoms in total. The van der Waals surface area contributed by atoms with Gasteiger partial charge in [-0.15, -0.1) is 11.3 Å². The van der Waals surface area contributed by atoms with Crippen molar-refractivity contribution in [3.63, 3.8) is 0 Å². The number of benzene rings is 2. The second-order valence-electron chi connectivity index (χ2n) is 6.45. The lowest BCUT2D eigenvalue weighted by molar-refractivity contribution is 0.563. The molecule has 2 heterocycles. The summed E-state index contributed by atoms with van der Waals surface area (Å²) in [5, 5.41) is 15.3. The van der Waals surface area contributed by atoms with Crippen LogP contribution in [0.2, 0.25) is 0 Å². The van der Waals surface area contributed by atoms with Crippen LogP contribution in [-0.4, -0.2) is 4.98 Å². The average molecular weight is 482 g/mol. The molecule has 1 N–H and O–H groups in total. The van der Waals surface area contributed by atoms with Gasteiger partial charge in [0.2, 0.25) is 0 Å². The van der Waals surface area contributed by atoms with Gasteiger partial charge in [0.05, 0.1) is 11.3 Å². The van der Waals surface area contributed by atoms with E-state index in [0.29, 0.717) is 33.1 Å². The Morgan fingerprint density at radius 3 is 2.90 bits per heavy atom. The van der Waals surface area contributed by atoms with Crippen molar-refractivity contribution in [3.05, 3.63) is 85.3 Å². The van der Waals surface area contributed by atoms with E-state index in [1.807, 2.05) is 6.07 Å². The molecule has 4 rings (SSSR count). The van der Waals surface area contributed by atoms with Crippen LogP contribution >= 0.6 is 27.3 Å². The second-order valence-corrected chi connectivity index (χ2v) is 8.22. The lowest BCUT2D eigenvalue weighted by Crippen LogP contribution is -2.03. The van der Waals surface area contributed by atoms with Crippen molar-refractivity contribution in [3.8, 4) is 17.3 Å². The molecule has 0 saturated heterocycles. The van der Waals surface area contributed by atoms with Gasteiger partial charge < -0.3 is 9.73 Å². The lowest BCUT2D eigenvalue weighted by atomic mass is 10.1. The highest BCUT2D eigenvalue weighted by Gasteiger charge is 2.14. The predicted octanol–water partition coefficient (Wildman–Crippen LogP) is 6.10. The first kappa shape index (κ1) is 20.0. The Kier molecular flexibility index (Phi) is 5.48. The lowest BCUT2D eigenvalue weighted by Gasteiger charge is -2.03. The molecule has 0 aliphatic rings. The Morgan fingerprint density at radius 1 is 1.30 bits per heavy atom. The Balaban J connectivity index is 1.66. The highest BCUT2D eigenvalue weighted by atomic mass is 79.9. The number of aromatic nitrogens is 1. The number of nitrogens with one attached hydrogen (secondary N) is 1. The van der Waals surface area contributed by atoms with E-state index in [4.69, 9.17) is 4.42 Å². The van der Waals surface area contributed by atoms with Crippen LogP contribution in [0, 0.1) is 24.1 Å². The van der Waals surface area contributed by atoms with Gasteiger partial charge in [0.15, 0.2) is 0 Å². The number of aryl methyl sites for hydroxylation is 1. The zero-order valence-corrected chi connectivity index (χ0v) is 18.0. The molecule has 0 fully saturated rings. The molecule has 0 saturated carbocycles. The Hall–Kier alpha value is -3.28. The molecule has 30 heavy (non-hydrogen) atoms. The van der Waals surface area contributed by atoms with Crippen LogP contribution in [0.1, 0.15) is 10.6 Å². The summed E-state index contributed by atoms with van der Waals surface area (Å²) in [7, 11) is 0. The second kappa shape index (κ2) is 8.22. The molecular formula is C22H13BrFN3O2S. The summed E-state index contributed by atoms with van der Waals surface area (Å²) in [5.74, 6) is -0.335. The largest absolute Gasteiger partial charge is 0.422 e. The molecule has 0 amide bonds. The molecular weight excluding hydrogens is 469 g/mol. The van der Waals surface area contributed by atoms with Gasteiger partial charge in [0, 0.05) is 27.1 Å². The van der Waals surface area contributed by atoms with Crippen molar-refractivity contribution in [1.82, 2.24) is 4.98 Å². The summed E-state index contributed by atoms with van der Waals surface area (Å²) in [4.78, 5) is 16.8. The molecule has 8 heteroatoms. The summed E-state index contributed by atoms with van der Waals surface area (Å²) in [6.07, 6.45) is 1.46. The first-order valence-electron chi connectivity index (χ1n) is 8.77. The van der Waals surface area contributed by atoms with Gasteiger partial charge in [0.1, 0.15) is 28.1 Å². The fourth-order valence-corrected chi connectivity index (χ4v) is 3.94. The summed E-state index contributed by atoms with van der Waals surface area (Å²) >= 11 is 4.63. The van der Waals surface area contributed by atoms with Crippen LogP contribution < -0.4 is 10.9 Å². The number of fused-ring (bicyclic) bond motifs is 1. The van der Waals surface area contributed by atoms with Gasteiger partial charge in [-0.05, 0) is 48.9 Å². The van der Waals surface area contributed by atoms with E-state index in [1.165, 1.54) is 23.6 Å². The van der Waals surface area contributed by atoms with E-state index in [-0.39, 0.29) is 11.4 Å². The summed E-state index contributed by atoms with van der Waals surface area (Å²) in [6, 6.07) is 13.9. The van der Waals surface area contributed by atoms with E-state index < -0.39 is 5.63 Å². The molecule has 4 aromatic rings. The number of hydrogen-bond donors (Lipinski definition) is 1. The number of thiazole rings is 1. The van der Waals surface area contributed by atoms with Crippen molar-refractivity contribution in [2.24, 2.45) is 0 Å². The van der Waals surface area contributed by atoms with Gasteiger partial charge in [-0.2, -0.15) is 5.26 Å². The van der Waals surface area contributed by atoms with Gasteiger partial charge in [-0.1, -0.05) is 22.0 Å². The fraction of sp³-hybridized carbons (Fsp3) is 0.0455. The van der Waals surface area contributed by atoms with Crippen LogP contribution in [0.4, 0.5) is 10.1 Å². The number of nitriles is 1. The normalized spacial score (nSPS) is 11.5. The van der Waals surface area contributed by atoms with Crippen molar-refractivity contribution in [1.29, 1.82) is 5.26 Å². The molecule has 0 aliphatic heterocycles. The van der Waals surface area contributed by atoms with Gasteiger partial charge >= 0.3 is 5.63 Å². The monoisotopic (exact) mass is 481 g/mol. The highest BCUT2D eigenvalue weighted by Crippen LogP contribution is 2.27. The molecule has 148 valence electrons. The number of nitrogens with zero attached hydrogens (tertiary/aromatic N) is 2. The van der Waals surface area contributed by atoms with Crippen LogP contribution in [0.5, 0.6) is 0 Å². The number of anilines is 1. The van der Waals surface area contributed by atoms with E-state index in [2.05, 4.69) is 32.3 Å². The maximum atomic E-state index is 13.7. The average Bonchev–Trinajstić information content (AvgIpc) is 3.20. The van der Waals surface area contributed by atoms with Crippen LogP contribution in [0.3, 0.4) is 0 Å². The van der Waals surface area contributed by atoms with Crippen molar-refractivity contribution < 1.29 is 8.81 Å². The Morgan fingerprint density at radius 2 is 2.13 bits per heavy atom. The van der Waals surface area contributed by atoms with Crippen LogP contribution in [0.15, 0.2) is 67.7 Å². The minimum atomic E-state index is -0.502. The number of hydrogen-bond acceptors (Lipinski definition) is 6. The van der Waals surface area contributed by atoms with E-state index >= 15 is 0 Å². The van der Waals surface area contributed by atoms with Gasteiger partial charge in [-0.25, -0.2) is 14.2 Å². The van der Waals surface area contributed by atoms with Crippen molar-refractivity contribution in [2.45, 2.75) is 6.92 Å². The molecule has 2 aromatic heterocycles. The third kappa shape index (κ3) is 4.03. The smallest absolute Gasteiger partial charge is 0.345 e. The molecule has 2 aromatic carbocycles. The minimum absolute atomic E-state index is 0.264. The first-order chi connectivity index (χ1) is 14.4. The highest BCUT2D eigenvalue weighted by molar-refractivity contribution is 9.10. The topological polar surface area (TPSA) is 78.9 Å². The Labute approximate surface area is 183 Å². The molecule has 0 radical (unpaired) electrons. The van der Waals surface area contributed by atoms with Crippen LogP contribution in [-0.2, 0) is 0 Å².